The van der Waals surface area contributed by atoms with Crippen LogP contribution in [-0.4, -0.2) is 29.3 Å². The molecule has 9 nitrogen and oxygen atoms in total. The molecule has 0 atom stereocenters. The van der Waals surface area contributed by atoms with E-state index in [0.717, 1.165) is 0 Å². The van der Waals surface area contributed by atoms with Crippen molar-refractivity contribution in [2.75, 3.05) is 19.5 Å². The third-order valence-corrected chi connectivity index (χ3v) is 5.46. The number of ether oxygens (including phenoxy) is 3. The fourth-order valence-corrected chi connectivity index (χ4v) is 3.57. The van der Waals surface area contributed by atoms with Gasteiger partial charge in [-0.25, -0.2) is 0 Å². The molecule has 0 aliphatic carbocycles. The molecule has 1 amide bonds. The number of hydrogen-bond donors (Lipinski definition) is 1. The maximum atomic E-state index is 13.1. The number of fused-ring (bicyclic) bond motifs is 1. The van der Waals surface area contributed by atoms with Crippen LogP contribution in [0.25, 0.3) is 11.0 Å². The van der Waals surface area contributed by atoms with Gasteiger partial charge in [0.1, 0.15) is 5.75 Å². The van der Waals surface area contributed by atoms with Crippen LogP contribution >= 0.6 is 0 Å². The molecule has 0 saturated heterocycles. The van der Waals surface area contributed by atoms with Crippen LogP contribution in [0.2, 0.25) is 0 Å². The molecular formula is C25H23N3O6. The lowest BCUT2D eigenvalue weighted by atomic mass is 10.1. The first-order valence-electron chi connectivity index (χ1n) is 10.3. The highest BCUT2D eigenvalue weighted by molar-refractivity contribution is 6.06. The van der Waals surface area contributed by atoms with Crippen molar-refractivity contribution in [1.82, 2.24) is 9.13 Å². The van der Waals surface area contributed by atoms with Crippen LogP contribution in [0, 0.1) is 0 Å². The Morgan fingerprint density at radius 2 is 1.38 bits per heavy atom. The first kappa shape index (κ1) is 22.7. The Labute approximate surface area is 194 Å². The van der Waals surface area contributed by atoms with Gasteiger partial charge in [0.25, 0.3) is 5.91 Å². The number of aromatic nitrogens is 2. The Kier molecular flexibility index (Phi) is 6.09. The number of carbonyl (C=O) groups excluding carboxylic acids is 1. The largest absolute Gasteiger partial charge is 0.493 e. The summed E-state index contributed by atoms with van der Waals surface area (Å²) < 4.78 is 19.1. The van der Waals surface area contributed by atoms with Crippen molar-refractivity contribution >= 4 is 22.6 Å². The first-order chi connectivity index (χ1) is 16.3. The maximum Gasteiger partial charge on any atom is 0.316 e. The van der Waals surface area contributed by atoms with E-state index in [1.165, 1.54) is 37.4 Å². The molecule has 0 aliphatic heterocycles. The molecule has 0 spiro atoms. The monoisotopic (exact) mass is 461 g/mol. The molecule has 3 aromatic carbocycles. The number of nitrogens with zero attached hydrogens (tertiary/aromatic N) is 2. The Hall–Kier alpha value is -4.53. The number of para-hydroxylation sites is 1. The summed E-state index contributed by atoms with van der Waals surface area (Å²) in [5, 5.41) is 2.85. The quantitative estimate of drug-likeness (QED) is 0.442. The summed E-state index contributed by atoms with van der Waals surface area (Å²) in [7, 11) is 6.01. The van der Waals surface area contributed by atoms with Crippen LogP contribution in [0.5, 0.6) is 23.0 Å². The predicted molar refractivity (Wildman–Crippen MR) is 128 cm³/mol. The number of benzene rings is 3. The molecule has 9 heteroatoms. The van der Waals surface area contributed by atoms with Gasteiger partial charge in [0.2, 0.25) is 0 Å². The first-order valence-corrected chi connectivity index (χ1v) is 10.3. The third-order valence-electron chi connectivity index (χ3n) is 5.46. The zero-order chi connectivity index (χ0) is 24.4. The lowest BCUT2D eigenvalue weighted by Gasteiger charge is -2.17. The summed E-state index contributed by atoms with van der Waals surface area (Å²) in [6.07, 6.45) is 0. The summed E-state index contributed by atoms with van der Waals surface area (Å²) >= 11 is 0. The number of anilines is 1. The van der Waals surface area contributed by atoms with Gasteiger partial charge < -0.3 is 28.7 Å². The number of methoxy groups -OCH3 is 2. The van der Waals surface area contributed by atoms with E-state index in [0.29, 0.717) is 45.3 Å². The SMILES string of the molecule is COc1ccc(C(=O)Nc2cc3c(cc2Oc2ccccc2)n(C)c(=O)c(=O)n3C)cc1OC. The van der Waals surface area contributed by atoms with Crippen molar-refractivity contribution in [1.29, 1.82) is 0 Å². The number of amides is 1. The molecule has 0 saturated carbocycles. The normalized spacial score (nSPS) is 10.7. The Morgan fingerprint density at radius 3 is 2.00 bits per heavy atom. The average molecular weight is 461 g/mol. The van der Waals surface area contributed by atoms with Crippen molar-refractivity contribution in [3.05, 3.63) is 86.9 Å². The second-order valence-electron chi connectivity index (χ2n) is 7.50. The van der Waals surface area contributed by atoms with E-state index in [1.54, 1.807) is 42.5 Å². The third kappa shape index (κ3) is 4.11. The molecule has 0 fully saturated rings. The van der Waals surface area contributed by atoms with E-state index in [-0.39, 0.29) is 0 Å². The summed E-state index contributed by atoms with van der Waals surface area (Å²) in [4.78, 5) is 37.8. The second kappa shape index (κ2) is 9.14. The molecule has 0 unspecified atom stereocenters. The van der Waals surface area contributed by atoms with Crippen molar-refractivity contribution in [2.45, 2.75) is 0 Å². The van der Waals surface area contributed by atoms with Crippen LogP contribution in [0.15, 0.2) is 70.3 Å². The summed E-state index contributed by atoms with van der Waals surface area (Å²) in [6, 6.07) is 17.0. The van der Waals surface area contributed by atoms with Gasteiger partial charge in [-0.15, -0.1) is 0 Å². The molecule has 34 heavy (non-hydrogen) atoms. The van der Waals surface area contributed by atoms with Crippen LogP contribution in [0.4, 0.5) is 5.69 Å². The molecule has 1 heterocycles. The van der Waals surface area contributed by atoms with Gasteiger partial charge in [-0.05, 0) is 36.4 Å². The summed E-state index contributed by atoms with van der Waals surface area (Å²) in [5.74, 6) is 1.33. The Bertz CT molecular complexity index is 1510. The summed E-state index contributed by atoms with van der Waals surface area (Å²) in [6.45, 7) is 0. The van der Waals surface area contributed by atoms with Crippen LogP contribution in [0.3, 0.4) is 0 Å². The van der Waals surface area contributed by atoms with Gasteiger partial charge in [0.15, 0.2) is 17.2 Å². The molecular weight excluding hydrogens is 438 g/mol. The zero-order valence-electron chi connectivity index (χ0n) is 19.1. The molecule has 4 rings (SSSR count). The van der Waals surface area contributed by atoms with Gasteiger partial charge >= 0.3 is 11.1 Å². The van der Waals surface area contributed by atoms with E-state index < -0.39 is 17.0 Å². The Balaban J connectivity index is 1.84. The van der Waals surface area contributed by atoms with Crippen LogP contribution in [0.1, 0.15) is 10.4 Å². The highest BCUT2D eigenvalue weighted by Gasteiger charge is 2.18. The standard InChI is InChI=1S/C25H23N3O6/c1-27-18-13-17(26-23(29)15-10-11-20(32-3)22(12-15)33-4)21(34-16-8-6-5-7-9-16)14-19(18)28(2)25(31)24(27)30/h5-14H,1-4H3,(H,26,29). The molecule has 174 valence electrons. The van der Waals surface area contributed by atoms with Crippen molar-refractivity contribution < 1.29 is 19.0 Å². The molecule has 0 aliphatic rings. The molecule has 4 aromatic rings. The van der Waals surface area contributed by atoms with E-state index in [1.807, 2.05) is 18.2 Å². The predicted octanol–water partition coefficient (Wildman–Crippen LogP) is 3.30. The van der Waals surface area contributed by atoms with Gasteiger partial charge in [0.05, 0.1) is 30.9 Å². The lowest BCUT2D eigenvalue weighted by molar-refractivity contribution is 0.102. The van der Waals surface area contributed by atoms with Gasteiger partial charge in [-0.3, -0.25) is 14.4 Å². The minimum absolute atomic E-state index is 0.307. The van der Waals surface area contributed by atoms with E-state index in [9.17, 15) is 14.4 Å². The van der Waals surface area contributed by atoms with Crippen LogP contribution < -0.4 is 30.6 Å². The van der Waals surface area contributed by atoms with Crippen LogP contribution in [-0.2, 0) is 14.1 Å². The minimum atomic E-state index is -0.677. The maximum absolute atomic E-state index is 13.1. The number of carbonyl (C=O) groups is 1. The number of nitrogens with one attached hydrogen (secondary N) is 1. The smallest absolute Gasteiger partial charge is 0.316 e. The number of rotatable bonds is 6. The lowest BCUT2D eigenvalue weighted by Crippen LogP contribution is -2.39. The number of hydrogen-bond acceptors (Lipinski definition) is 6. The van der Waals surface area contributed by atoms with E-state index in [4.69, 9.17) is 14.2 Å². The van der Waals surface area contributed by atoms with Crippen molar-refractivity contribution in [2.24, 2.45) is 14.1 Å². The topological polar surface area (TPSA) is 101 Å². The molecule has 0 radical (unpaired) electrons. The Morgan fingerprint density at radius 1 is 0.765 bits per heavy atom. The highest BCUT2D eigenvalue weighted by atomic mass is 16.5. The van der Waals surface area contributed by atoms with Gasteiger partial charge in [-0.1, -0.05) is 18.2 Å². The van der Waals surface area contributed by atoms with Gasteiger partial charge in [-0.2, -0.15) is 0 Å². The summed E-state index contributed by atoms with van der Waals surface area (Å²) in [5.41, 5.74) is 0.242. The fourth-order valence-electron chi connectivity index (χ4n) is 3.57. The van der Waals surface area contributed by atoms with E-state index >= 15 is 0 Å². The van der Waals surface area contributed by atoms with E-state index in [2.05, 4.69) is 5.32 Å². The minimum Gasteiger partial charge on any atom is -0.493 e. The highest BCUT2D eigenvalue weighted by Crippen LogP contribution is 2.34. The van der Waals surface area contributed by atoms with Crippen molar-refractivity contribution in [3.63, 3.8) is 0 Å². The zero-order valence-corrected chi connectivity index (χ0v) is 19.1. The van der Waals surface area contributed by atoms with Gasteiger partial charge in [0, 0.05) is 25.7 Å². The molecule has 1 aromatic heterocycles. The fraction of sp³-hybridized carbons (Fsp3) is 0.160. The van der Waals surface area contributed by atoms with Crippen molar-refractivity contribution in [3.8, 4) is 23.0 Å². The average Bonchev–Trinajstić information content (AvgIpc) is 2.86. The molecule has 0 bridgehead atoms. The molecule has 1 N–H and O–H groups in total. The second-order valence-corrected chi connectivity index (χ2v) is 7.50. The number of aryl methyl sites for hydroxylation is 2.